The molecule has 6 aliphatic rings. The first-order valence-electron chi connectivity index (χ1n) is 11.4. The van der Waals surface area contributed by atoms with Crippen molar-refractivity contribution in [2.24, 2.45) is 0 Å². The first kappa shape index (κ1) is 27.1. The zero-order chi connectivity index (χ0) is 24.7. The molecule has 0 amide bonds. The fraction of sp³-hybridized carbons (Fsp3) is 0. The molecule has 6 aliphatic heterocycles. The summed E-state index contributed by atoms with van der Waals surface area (Å²) in [6.07, 6.45) is 45.4. The fourth-order valence-corrected chi connectivity index (χ4v) is 3.09. The van der Waals surface area contributed by atoms with E-state index in [9.17, 15) is 0 Å². The minimum atomic E-state index is 0. The van der Waals surface area contributed by atoms with E-state index in [2.05, 4.69) is 31.9 Å². The van der Waals surface area contributed by atoms with Crippen molar-refractivity contribution in [2.75, 3.05) is 0 Å². The molecule has 0 fully saturated rings. The molecule has 0 aromatic carbocycles. The molecule has 0 N–H and O–H groups in total. The van der Waals surface area contributed by atoms with Crippen LogP contribution in [-0.4, -0.2) is 0 Å². The van der Waals surface area contributed by atoms with Gasteiger partial charge in [-0.05, 0) is 0 Å². The van der Waals surface area contributed by atoms with Crippen molar-refractivity contribution in [3.05, 3.63) is 213 Å². The molecular weight excluding hydrogens is 545 g/mol. The minimum absolute atomic E-state index is 0. The SMILES string of the molecule is C1=C[N-]C(=C2C=CC=C[N-]2)C=C1.C1=C[N-]C(=C2C=CC=C[N-]2)C=C1.C1=C[N-]C(=C2C=CC=C[N-]2)C=C1.[Ru+8]. The Hall–Kier alpha value is -4.48. The van der Waals surface area contributed by atoms with E-state index in [0.29, 0.717) is 0 Å². The van der Waals surface area contributed by atoms with Crippen LogP contribution in [0.25, 0.3) is 31.9 Å². The smallest absolute Gasteiger partial charge is 0.665 e. The van der Waals surface area contributed by atoms with Gasteiger partial charge in [0.15, 0.2) is 0 Å². The van der Waals surface area contributed by atoms with Crippen molar-refractivity contribution in [1.29, 1.82) is 0 Å². The average molecular weight is 570 g/mol. The minimum Gasteiger partial charge on any atom is -0.665 e. The summed E-state index contributed by atoms with van der Waals surface area (Å²) in [6, 6.07) is 0. The maximum Gasteiger partial charge on any atom is 8.00 e. The Labute approximate surface area is 231 Å². The molecule has 180 valence electrons. The van der Waals surface area contributed by atoms with E-state index in [-0.39, 0.29) is 19.5 Å². The third-order valence-corrected chi connectivity index (χ3v) is 4.78. The Morgan fingerprint density at radius 3 is 0.514 bits per heavy atom. The van der Waals surface area contributed by atoms with Crippen LogP contribution < -0.4 is 0 Å². The Bertz CT molecular complexity index is 1020. The van der Waals surface area contributed by atoms with Crippen LogP contribution in [-0.2, 0) is 19.5 Å². The molecule has 6 rings (SSSR count). The van der Waals surface area contributed by atoms with Crippen molar-refractivity contribution in [3.63, 3.8) is 0 Å². The van der Waals surface area contributed by atoms with Gasteiger partial charge in [-0.2, -0.15) is 71.4 Å². The Morgan fingerprint density at radius 1 is 0.243 bits per heavy atom. The molecular formula is C30H24N6Ru+2. The summed E-state index contributed by atoms with van der Waals surface area (Å²) in [5, 5.41) is 25.1. The van der Waals surface area contributed by atoms with E-state index in [1.54, 1.807) is 37.2 Å². The molecule has 0 radical (unpaired) electrons. The van der Waals surface area contributed by atoms with Crippen molar-refractivity contribution in [3.8, 4) is 0 Å². The third-order valence-electron chi connectivity index (χ3n) is 4.78. The topological polar surface area (TPSA) is 84.6 Å². The zero-order valence-corrected chi connectivity index (χ0v) is 21.6. The second-order valence-electron chi connectivity index (χ2n) is 7.29. The summed E-state index contributed by atoms with van der Waals surface area (Å²) in [5.74, 6) is 0. The summed E-state index contributed by atoms with van der Waals surface area (Å²) in [5.41, 5.74) is 5.49. The van der Waals surface area contributed by atoms with Crippen LogP contribution in [0.3, 0.4) is 0 Å². The molecule has 0 atom stereocenters. The summed E-state index contributed by atoms with van der Waals surface area (Å²) in [7, 11) is 0. The van der Waals surface area contributed by atoms with Crippen LogP contribution in [0.2, 0.25) is 0 Å². The molecule has 0 saturated carbocycles. The van der Waals surface area contributed by atoms with E-state index < -0.39 is 0 Å². The predicted molar refractivity (Wildman–Crippen MR) is 151 cm³/mol. The second kappa shape index (κ2) is 15.5. The maximum absolute atomic E-state index is 4.19. The number of hydrogen-bond acceptors (Lipinski definition) is 0. The van der Waals surface area contributed by atoms with Gasteiger partial charge in [0.1, 0.15) is 0 Å². The summed E-state index contributed by atoms with van der Waals surface area (Å²) >= 11 is 0. The molecule has 0 bridgehead atoms. The third kappa shape index (κ3) is 8.91. The van der Waals surface area contributed by atoms with Gasteiger partial charge < -0.3 is 31.9 Å². The number of nitrogens with zero attached hydrogens (tertiary/aromatic N) is 6. The van der Waals surface area contributed by atoms with E-state index >= 15 is 0 Å². The van der Waals surface area contributed by atoms with Crippen LogP contribution in [0.15, 0.2) is 181 Å². The normalized spacial score (nSPS) is 24.6. The molecule has 0 saturated heterocycles. The van der Waals surface area contributed by atoms with Crippen molar-refractivity contribution in [2.45, 2.75) is 0 Å². The van der Waals surface area contributed by atoms with E-state index in [4.69, 9.17) is 0 Å². The average Bonchev–Trinajstić information content (AvgIpc) is 3.01. The van der Waals surface area contributed by atoms with Gasteiger partial charge in [-0.3, -0.25) is 0 Å². The first-order valence-corrected chi connectivity index (χ1v) is 11.4. The van der Waals surface area contributed by atoms with Gasteiger partial charge in [0.2, 0.25) is 0 Å². The first-order chi connectivity index (χ1) is 17.9. The van der Waals surface area contributed by atoms with Gasteiger partial charge in [0.05, 0.1) is 0 Å². The zero-order valence-electron chi connectivity index (χ0n) is 19.9. The largest absolute Gasteiger partial charge is 8.00 e. The van der Waals surface area contributed by atoms with Gasteiger partial charge in [-0.1, -0.05) is 109 Å². The molecule has 6 nitrogen and oxygen atoms in total. The monoisotopic (exact) mass is 570 g/mol. The van der Waals surface area contributed by atoms with Crippen LogP contribution in [0.1, 0.15) is 0 Å². The van der Waals surface area contributed by atoms with Gasteiger partial charge >= 0.3 is 19.5 Å². The molecule has 0 aromatic heterocycles. The van der Waals surface area contributed by atoms with Crippen LogP contribution >= 0.6 is 0 Å². The fourth-order valence-electron chi connectivity index (χ4n) is 3.09. The van der Waals surface area contributed by atoms with Gasteiger partial charge in [-0.15, -0.1) is 0 Å². The van der Waals surface area contributed by atoms with Gasteiger partial charge in [-0.25, -0.2) is 0 Å². The Morgan fingerprint density at radius 2 is 0.405 bits per heavy atom. The molecule has 0 spiro atoms. The predicted octanol–water partition coefficient (Wildman–Crippen LogP) is 9.33. The van der Waals surface area contributed by atoms with Crippen LogP contribution in [0.5, 0.6) is 0 Å². The maximum atomic E-state index is 4.19. The quantitative estimate of drug-likeness (QED) is 0.260. The Balaban J connectivity index is 0.000000152. The summed E-state index contributed by atoms with van der Waals surface area (Å²) < 4.78 is 0. The number of rotatable bonds is 0. The molecule has 7 heteroatoms. The summed E-state index contributed by atoms with van der Waals surface area (Å²) in [4.78, 5) is 0. The van der Waals surface area contributed by atoms with E-state index in [1.165, 1.54) is 0 Å². The molecule has 0 aromatic rings. The standard InChI is InChI=1S/3C10H8N2.Ru/c3*1-3-7-11-9(5-1)10-6-2-4-8-12-10;/h3*1-8H;/q3*-2;+8. The molecule has 0 unspecified atom stereocenters. The van der Waals surface area contributed by atoms with Crippen molar-refractivity contribution in [1.82, 2.24) is 0 Å². The summed E-state index contributed by atoms with van der Waals surface area (Å²) in [6.45, 7) is 0. The van der Waals surface area contributed by atoms with Crippen LogP contribution in [0.4, 0.5) is 0 Å². The Kier molecular flexibility index (Phi) is 11.4. The number of allylic oxidation sites excluding steroid dienone is 18. The van der Waals surface area contributed by atoms with Crippen molar-refractivity contribution >= 4 is 0 Å². The van der Waals surface area contributed by atoms with Crippen LogP contribution in [0, 0.1) is 0 Å². The molecule has 37 heavy (non-hydrogen) atoms. The van der Waals surface area contributed by atoms with Gasteiger partial charge in [0.25, 0.3) is 0 Å². The second-order valence-corrected chi connectivity index (χ2v) is 7.29. The van der Waals surface area contributed by atoms with Crippen molar-refractivity contribution < 1.29 is 19.5 Å². The van der Waals surface area contributed by atoms with Gasteiger partial charge in [0, 0.05) is 0 Å². The number of hydrogen-bond donors (Lipinski definition) is 0. The molecule has 6 heterocycles. The van der Waals surface area contributed by atoms with E-state index in [0.717, 1.165) is 34.2 Å². The van der Waals surface area contributed by atoms with E-state index in [1.807, 2.05) is 109 Å². The molecule has 0 aliphatic carbocycles.